The Labute approximate surface area is 150 Å². The van der Waals surface area contributed by atoms with Gasteiger partial charge in [0.15, 0.2) is 0 Å². The lowest BCUT2D eigenvalue weighted by Gasteiger charge is -2.13. The Morgan fingerprint density at radius 2 is 1.68 bits per heavy atom. The average Bonchev–Trinajstić information content (AvgIpc) is 3.07. The van der Waals surface area contributed by atoms with Gasteiger partial charge in [-0.3, -0.25) is 10.0 Å². The van der Waals surface area contributed by atoms with Crippen LogP contribution in [0.3, 0.4) is 0 Å². The van der Waals surface area contributed by atoms with Crippen LogP contribution in [0.4, 0.5) is 0 Å². The fourth-order valence-electron chi connectivity index (χ4n) is 2.97. The number of nitrogens with zero attached hydrogens (tertiary/aromatic N) is 2. The third-order valence-corrected chi connectivity index (χ3v) is 4.43. The fraction of sp³-hybridized carbons (Fsp3) is 0.381. The van der Waals surface area contributed by atoms with Crippen LogP contribution >= 0.6 is 0 Å². The molecule has 0 bridgehead atoms. The number of nitrogens with two attached hydrogens (primary N) is 1. The van der Waals surface area contributed by atoms with Gasteiger partial charge in [-0.25, -0.2) is 5.84 Å². The van der Waals surface area contributed by atoms with E-state index in [-0.39, 0.29) is 0 Å². The fourth-order valence-corrected chi connectivity index (χ4v) is 2.97. The summed E-state index contributed by atoms with van der Waals surface area (Å²) < 4.78 is 5.77. The van der Waals surface area contributed by atoms with Crippen LogP contribution in [0.5, 0.6) is 5.75 Å². The molecule has 1 aliphatic rings. The van der Waals surface area contributed by atoms with E-state index in [2.05, 4.69) is 60.4 Å². The molecule has 0 atom stereocenters. The van der Waals surface area contributed by atoms with Crippen molar-refractivity contribution >= 4 is 5.84 Å². The maximum Gasteiger partial charge on any atom is 0.145 e. The molecule has 0 aromatic heterocycles. The number of ether oxygens (including phenoxy) is 1. The summed E-state index contributed by atoms with van der Waals surface area (Å²) in [5.74, 6) is 7.77. The van der Waals surface area contributed by atoms with Crippen LogP contribution in [0.1, 0.15) is 42.9 Å². The van der Waals surface area contributed by atoms with E-state index in [1.54, 1.807) is 5.01 Å². The summed E-state index contributed by atoms with van der Waals surface area (Å²) in [6.07, 6.45) is 4.48. The van der Waals surface area contributed by atoms with Gasteiger partial charge in [0.25, 0.3) is 0 Å². The number of hydrogen-bond donors (Lipinski definition) is 1. The van der Waals surface area contributed by atoms with E-state index in [1.165, 1.54) is 24.0 Å². The zero-order valence-electron chi connectivity index (χ0n) is 14.9. The third kappa shape index (κ3) is 4.83. The van der Waals surface area contributed by atoms with Gasteiger partial charge >= 0.3 is 0 Å². The average molecular weight is 337 g/mol. The number of hydrogen-bond acceptors (Lipinski definition) is 4. The second kappa shape index (κ2) is 8.67. The monoisotopic (exact) mass is 337 g/mol. The van der Waals surface area contributed by atoms with Gasteiger partial charge in [0.1, 0.15) is 11.6 Å². The molecule has 0 amide bonds. The molecule has 2 aromatic carbocycles. The molecule has 0 saturated heterocycles. The SMILES string of the molecule is CCCCCOc1ccc(Cc2ccc(C3=NCCN3N)cc2)cc1. The highest BCUT2D eigenvalue weighted by Crippen LogP contribution is 2.17. The Morgan fingerprint density at radius 1 is 1.00 bits per heavy atom. The van der Waals surface area contributed by atoms with Crippen LogP contribution in [0.15, 0.2) is 53.5 Å². The summed E-state index contributed by atoms with van der Waals surface area (Å²) in [6.45, 7) is 4.58. The number of amidine groups is 1. The van der Waals surface area contributed by atoms with Crippen molar-refractivity contribution in [1.29, 1.82) is 0 Å². The number of unbranched alkanes of at least 4 members (excludes halogenated alkanes) is 2. The van der Waals surface area contributed by atoms with Gasteiger partial charge in [-0.05, 0) is 36.1 Å². The maximum absolute atomic E-state index is 5.93. The molecular formula is C21H27N3O. The molecule has 0 saturated carbocycles. The van der Waals surface area contributed by atoms with Crippen LogP contribution in [-0.2, 0) is 6.42 Å². The second-order valence-corrected chi connectivity index (χ2v) is 6.47. The van der Waals surface area contributed by atoms with Crippen molar-refractivity contribution < 1.29 is 4.74 Å². The highest BCUT2D eigenvalue weighted by molar-refractivity contribution is 5.99. The van der Waals surface area contributed by atoms with Crippen LogP contribution in [-0.4, -0.2) is 30.5 Å². The summed E-state index contributed by atoms with van der Waals surface area (Å²) >= 11 is 0. The molecule has 0 radical (unpaired) electrons. The van der Waals surface area contributed by atoms with Crippen LogP contribution < -0.4 is 10.6 Å². The first kappa shape index (κ1) is 17.5. The zero-order chi connectivity index (χ0) is 17.5. The zero-order valence-corrected chi connectivity index (χ0v) is 14.9. The first-order valence-corrected chi connectivity index (χ1v) is 9.14. The van der Waals surface area contributed by atoms with E-state index in [1.807, 2.05) is 0 Å². The first-order valence-electron chi connectivity index (χ1n) is 9.14. The number of benzene rings is 2. The van der Waals surface area contributed by atoms with Gasteiger partial charge in [0.05, 0.1) is 19.7 Å². The van der Waals surface area contributed by atoms with Crippen molar-refractivity contribution in [2.75, 3.05) is 19.7 Å². The Balaban J connectivity index is 1.55. The molecule has 2 aromatic rings. The molecule has 1 aliphatic heterocycles. The van der Waals surface area contributed by atoms with Crippen LogP contribution in [0.2, 0.25) is 0 Å². The van der Waals surface area contributed by atoms with Crippen molar-refractivity contribution in [1.82, 2.24) is 5.01 Å². The Hall–Kier alpha value is -2.33. The normalized spacial score (nSPS) is 13.8. The lowest BCUT2D eigenvalue weighted by Crippen LogP contribution is -2.34. The van der Waals surface area contributed by atoms with E-state index in [0.29, 0.717) is 0 Å². The predicted octanol–water partition coefficient (Wildman–Crippen LogP) is 3.78. The molecule has 2 N–H and O–H groups in total. The molecule has 0 unspecified atom stereocenters. The molecule has 25 heavy (non-hydrogen) atoms. The lowest BCUT2D eigenvalue weighted by molar-refractivity contribution is 0.306. The van der Waals surface area contributed by atoms with E-state index in [4.69, 9.17) is 10.6 Å². The Kier molecular flexibility index (Phi) is 6.07. The number of hydrazine groups is 1. The molecular weight excluding hydrogens is 310 g/mol. The van der Waals surface area contributed by atoms with Crippen molar-refractivity contribution in [2.24, 2.45) is 10.8 Å². The minimum Gasteiger partial charge on any atom is -0.494 e. The molecule has 132 valence electrons. The van der Waals surface area contributed by atoms with Crippen molar-refractivity contribution in [2.45, 2.75) is 32.6 Å². The first-order chi connectivity index (χ1) is 12.3. The Bertz CT molecular complexity index is 692. The molecule has 3 rings (SSSR count). The highest BCUT2D eigenvalue weighted by atomic mass is 16.5. The number of aliphatic imine (C=N–C) groups is 1. The molecule has 4 heteroatoms. The van der Waals surface area contributed by atoms with Crippen molar-refractivity contribution in [3.63, 3.8) is 0 Å². The summed E-state index contributed by atoms with van der Waals surface area (Å²) in [7, 11) is 0. The van der Waals surface area contributed by atoms with Crippen LogP contribution in [0.25, 0.3) is 0 Å². The lowest BCUT2D eigenvalue weighted by atomic mass is 10.0. The largest absolute Gasteiger partial charge is 0.494 e. The quantitative estimate of drug-likeness (QED) is 0.589. The van der Waals surface area contributed by atoms with Gasteiger partial charge < -0.3 is 4.74 Å². The van der Waals surface area contributed by atoms with Gasteiger partial charge in [-0.15, -0.1) is 0 Å². The van der Waals surface area contributed by atoms with Crippen LogP contribution in [0, 0.1) is 0 Å². The number of rotatable bonds is 8. The standard InChI is InChI=1S/C21H27N3O/c1-2-3-4-15-25-20-11-7-18(8-12-20)16-17-5-9-19(10-6-17)21-23-13-14-24(21)22/h5-12H,2-4,13-16,22H2,1H3. The van der Waals surface area contributed by atoms with E-state index in [9.17, 15) is 0 Å². The topological polar surface area (TPSA) is 50.8 Å². The van der Waals surface area contributed by atoms with Gasteiger partial charge in [-0.2, -0.15) is 0 Å². The Morgan fingerprint density at radius 3 is 2.28 bits per heavy atom. The van der Waals surface area contributed by atoms with Crippen molar-refractivity contribution in [3.8, 4) is 5.75 Å². The second-order valence-electron chi connectivity index (χ2n) is 6.47. The smallest absolute Gasteiger partial charge is 0.145 e. The van der Waals surface area contributed by atoms with Gasteiger partial charge in [-0.1, -0.05) is 56.2 Å². The molecule has 4 nitrogen and oxygen atoms in total. The third-order valence-electron chi connectivity index (χ3n) is 4.43. The molecule has 0 fully saturated rings. The van der Waals surface area contributed by atoms with Gasteiger partial charge in [0, 0.05) is 5.56 Å². The molecule has 0 aliphatic carbocycles. The molecule has 1 heterocycles. The minimum atomic E-state index is 0.778. The highest BCUT2D eigenvalue weighted by Gasteiger charge is 2.14. The minimum absolute atomic E-state index is 0.778. The molecule has 0 spiro atoms. The van der Waals surface area contributed by atoms with Gasteiger partial charge in [0.2, 0.25) is 0 Å². The summed E-state index contributed by atoms with van der Waals surface area (Å²) in [6, 6.07) is 16.9. The summed E-state index contributed by atoms with van der Waals surface area (Å²) in [4.78, 5) is 4.45. The van der Waals surface area contributed by atoms with E-state index in [0.717, 1.165) is 49.7 Å². The summed E-state index contributed by atoms with van der Waals surface area (Å²) in [5.41, 5.74) is 3.65. The predicted molar refractivity (Wildman–Crippen MR) is 103 cm³/mol. The summed E-state index contributed by atoms with van der Waals surface area (Å²) in [5, 5.41) is 1.72. The van der Waals surface area contributed by atoms with E-state index >= 15 is 0 Å². The van der Waals surface area contributed by atoms with Crippen molar-refractivity contribution in [3.05, 3.63) is 65.2 Å². The maximum atomic E-state index is 5.93. The van der Waals surface area contributed by atoms with E-state index < -0.39 is 0 Å².